The lowest BCUT2D eigenvalue weighted by Gasteiger charge is -2.39. The van der Waals surface area contributed by atoms with Crippen LogP contribution in [0.5, 0.6) is 5.75 Å². The predicted octanol–water partition coefficient (Wildman–Crippen LogP) is 2.87. The summed E-state index contributed by atoms with van der Waals surface area (Å²) < 4.78 is 23.5. The lowest BCUT2D eigenvalue weighted by atomic mass is 10.1. The van der Waals surface area contributed by atoms with E-state index in [1.165, 1.54) is 0 Å². The second kappa shape index (κ2) is 7.61. The van der Waals surface area contributed by atoms with Crippen molar-refractivity contribution < 1.29 is 18.9 Å². The molecule has 0 spiro atoms. The molecule has 0 unspecified atom stereocenters. The molecule has 1 saturated heterocycles. The Morgan fingerprint density at radius 2 is 2.15 bits per heavy atom. The molecule has 20 heavy (non-hydrogen) atoms. The van der Waals surface area contributed by atoms with Crippen LogP contribution in [0, 0.1) is 0 Å². The van der Waals surface area contributed by atoms with E-state index in [0.717, 1.165) is 10.2 Å². The van der Waals surface area contributed by atoms with Crippen molar-refractivity contribution in [2.75, 3.05) is 39.4 Å². The molecule has 0 aliphatic carbocycles. The maximum Gasteiger partial charge on any atom is 0.129 e. The molecule has 0 saturated carbocycles. The van der Waals surface area contributed by atoms with Gasteiger partial charge in [0.05, 0.1) is 25.7 Å². The van der Waals surface area contributed by atoms with Crippen molar-refractivity contribution in [2.45, 2.75) is 11.7 Å². The summed E-state index contributed by atoms with van der Waals surface area (Å²) in [6.45, 7) is 1.77. The summed E-state index contributed by atoms with van der Waals surface area (Å²) in [6.07, 6.45) is -0.152. The Hall–Kier alpha value is -0.330. The van der Waals surface area contributed by atoms with Crippen LogP contribution in [0.25, 0.3) is 0 Å². The fraction of sp³-hybridized carbons (Fsp3) is 0.571. The second-order valence-electron chi connectivity index (χ2n) is 4.77. The van der Waals surface area contributed by atoms with Gasteiger partial charge in [-0.3, -0.25) is 0 Å². The van der Waals surface area contributed by atoms with Crippen molar-refractivity contribution >= 4 is 27.5 Å². The Bertz CT molecular complexity index is 410. The maximum absolute atomic E-state index is 5.99. The maximum atomic E-state index is 5.99. The molecule has 1 aliphatic heterocycles. The molecule has 112 valence electrons. The summed E-state index contributed by atoms with van der Waals surface area (Å²) >= 11 is 9.37. The average Bonchev–Trinajstić information content (AvgIpc) is 2.47. The molecule has 0 N–H and O–H groups in total. The number of methoxy groups -OCH3 is 1. The van der Waals surface area contributed by atoms with Crippen LogP contribution in [0.1, 0.15) is 0 Å². The lowest BCUT2D eigenvalue weighted by Crippen LogP contribution is -2.53. The number of halogens is 2. The third-order valence-corrected chi connectivity index (χ3v) is 4.00. The molecule has 1 fully saturated rings. The summed E-state index contributed by atoms with van der Waals surface area (Å²) in [6, 6.07) is 7.67. The second-order valence-corrected chi connectivity index (χ2v) is 5.95. The smallest absolute Gasteiger partial charge is 0.129 e. The van der Waals surface area contributed by atoms with Crippen molar-refractivity contribution in [1.82, 2.24) is 0 Å². The van der Waals surface area contributed by atoms with Crippen molar-refractivity contribution in [3.63, 3.8) is 0 Å². The van der Waals surface area contributed by atoms with Crippen molar-refractivity contribution in [3.05, 3.63) is 28.7 Å². The van der Waals surface area contributed by atoms with Crippen LogP contribution in [0.2, 0.25) is 0 Å². The molecule has 6 heteroatoms. The van der Waals surface area contributed by atoms with Gasteiger partial charge in [0, 0.05) is 11.6 Å². The standard InChI is InChI=1S/C14H18BrClO4/c1-17-9-14(8-16)10-18-6-13(20-14)7-19-12-4-2-11(15)3-5-12/h2-5,13H,6-10H2,1H3/t13-,14-/m0/s1. The van der Waals surface area contributed by atoms with Crippen molar-refractivity contribution in [3.8, 4) is 5.75 Å². The zero-order valence-corrected chi connectivity index (χ0v) is 13.7. The molecule has 1 aromatic carbocycles. The highest BCUT2D eigenvalue weighted by Crippen LogP contribution is 2.23. The Kier molecular flexibility index (Phi) is 6.11. The topological polar surface area (TPSA) is 36.9 Å². The van der Waals surface area contributed by atoms with Crippen molar-refractivity contribution in [2.24, 2.45) is 0 Å². The minimum atomic E-state index is -0.581. The first-order valence-corrected chi connectivity index (χ1v) is 7.69. The lowest BCUT2D eigenvalue weighted by molar-refractivity contribution is -0.211. The summed E-state index contributed by atoms with van der Waals surface area (Å²) in [5.41, 5.74) is -0.581. The normalized spacial score (nSPS) is 26.4. The first-order valence-electron chi connectivity index (χ1n) is 6.36. The van der Waals surface area contributed by atoms with Crippen LogP contribution >= 0.6 is 27.5 Å². The number of rotatable bonds is 6. The van der Waals surface area contributed by atoms with Crippen LogP contribution in [0.15, 0.2) is 28.7 Å². The minimum Gasteiger partial charge on any atom is -0.491 e. The van der Waals surface area contributed by atoms with Gasteiger partial charge < -0.3 is 18.9 Å². The van der Waals surface area contributed by atoms with Crippen LogP contribution < -0.4 is 4.74 Å². The molecule has 1 heterocycles. The van der Waals surface area contributed by atoms with Crippen LogP contribution in [0.3, 0.4) is 0 Å². The van der Waals surface area contributed by atoms with E-state index in [1.807, 2.05) is 24.3 Å². The van der Waals surface area contributed by atoms with Crippen LogP contribution in [-0.2, 0) is 14.2 Å². The van der Waals surface area contributed by atoms with E-state index in [2.05, 4.69) is 15.9 Å². The van der Waals surface area contributed by atoms with Gasteiger partial charge in [0.15, 0.2) is 0 Å². The average molecular weight is 366 g/mol. The van der Waals surface area contributed by atoms with E-state index >= 15 is 0 Å². The molecular formula is C14H18BrClO4. The van der Waals surface area contributed by atoms with E-state index in [-0.39, 0.29) is 6.10 Å². The monoisotopic (exact) mass is 364 g/mol. The van der Waals surface area contributed by atoms with Gasteiger partial charge in [0.2, 0.25) is 0 Å². The Balaban J connectivity index is 1.87. The summed E-state index contributed by atoms with van der Waals surface area (Å²) in [7, 11) is 1.62. The first kappa shape index (κ1) is 16.0. The Morgan fingerprint density at radius 3 is 2.80 bits per heavy atom. The van der Waals surface area contributed by atoms with Gasteiger partial charge in [-0.15, -0.1) is 11.6 Å². The minimum absolute atomic E-state index is 0.152. The SMILES string of the molecule is COC[C@@]1(CCl)COC[C@@H](COc2ccc(Br)cc2)O1. The fourth-order valence-corrected chi connectivity index (χ4v) is 2.53. The van der Waals surface area contributed by atoms with Gasteiger partial charge in [-0.1, -0.05) is 15.9 Å². The summed E-state index contributed by atoms with van der Waals surface area (Å²) in [5.74, 6) is 1.13. The third kappa shape index (κ3) is 4.33. The zero-order valence-electron chi connectivity index (χ0n) is 11.3. The fourth-order valence-electron chi connectivity index (χ4n) is 2.05. The highest BCUT2D eigenvalue weighted by Gasteiger charge is 2.38. The molecule has 0 aromatic heterocycles. The summed E-state index contributed by atoms with van der Waals surface area (Å²) in [4.78, 5) is 0. The van der Waals surface area contributed by atoms with E-state index in [0.29, 0.717) is 32.3 Å². The Morgan fingerprint density at radius 1 is 1.40 bits per heavy atom. The van der Waals surface area contributed by atoms with E-state index in [1.54, 1.807) is 7.11 Å². The van der Waals surface area contributed by atoms with Gasteiger partial charge >= 0.3 is 0 Å². The quantitative estimate of drug-likeness (QED) is 0.727. The van der Waals surface area contributed by atoms with Crippen LogP contribution in [0.4, 0.5) is 0 Å². The van der Waals surface area contributed by atoms with Gasteiger partial charge in [-0.25, -0.2) is 0 Å². The first-order chi connectivity index (χ1) is 9.67. The molecule has 1 aromatic rings. The van der Waals surface area contributed by atoms with Crippen LogP contribution in [-0.4, -0.2) is 51.1 Å². The zero-order chi connectivity index (χ0) is 14.4. The van der Waals surface area contributed by atoms with Gasteiger partial charge in [-0.2, -0.15) is 0 Å². The van der Waals surface area contributed by atoms with Crippen molar-refractivity contribution in [1.29, 1.82) is 0 Å². The number of benzene rings is 1. The van der Waals surface area contributed by atoms with E-state index < -0.39 is 5.60 Å². The molecule has 0 radical (unpaired) electrons. The van der Waals surface area contributed by atoms with Gasteiger partial charge in [0.25, 0.3) is 0 Å². The summed E-state index contributed by atoms with van der Waals surface area (Å²) in [5, 5.41) is 0. The van der Waals surface area contributed by atoms with Gasteiger partial charge in [-0.05, 0) is 24.3 Å². The molecule has 1 aliphatic rings. The number of ether oxygens (including phenoxy) is 4. The van der Waals surface area contributed by atoms with E-state index in [9.17, 15) is 0 Å². The number of alkyl halides is 1. The third-order valence-electron chi connectivity index (χ3n) is 2.99. The molecule has 2 rings (SSSR count). The largest absolute Gasteiger partial charge is 0.491 e. The van der Waals surface area contributed by atoms with E-state index in [4.69, 9.17) is 30.5 Å². The predicted molar refractivity (Wildman–Crippen MR) is 80.7 cm³/mol. The Labute approximate surface area is 132 Å². The highest BCUT2D eigenvalue weighted by atomic mass is 79.9. The molecule has 0 bridgehead atoms. The number of hydrogen-bond donors (Lipinski definition) is 0. The van der Waals surface area contributed by atoms with Gasteiger partial charge in [0.1, 0.15) is 24.1 Å². The number of hydrogen-bond acceptors (Lipinski definition) is 4. The molecule has 0 amide bonds. The molecule has 4 nitrogen and oxygen atoms in total. The molecule has 2 atom stereocenters. The molecular weight excluding hydrogens is 348 g/mol. The highest BCUT2D eigenvalue weighted by molar-refractivity contribution is 9.10.